The van der Waals surface area contributed by atoms with E-state index in [4.69, 9.17) is 4.74 Å². The second-order valence-corrected chi connectivity index (χ2v) is 7.13. The molecule has 0 saturated heterocycles. The fraction of sp³-hybridized carbons (Fsp3) is 0.750. The van der Waals surface area contributed by atoms with E-state index in [9.17, 15) is 10.2 Å². The monoisotopic (exact) mass is 313 g/mol. The van der Waals surface area contributed by atoms with Crippen molar-refractivity contribution in [1.82, 2.24) is 5.32 Å². The van der Waals surface area contributed by atoms with E-state index < -0.39 is 6.10 Å². The summed E-state index contributed by atoms with van der Waals surface area (Å²) in [6.45, 7) is 2.45. The van der Waals surface area contributed by atoms with Crippen LogP contribution in [0.1, 0.15) is 37.0 Å². The molecule has 3 N–H and O–H groups in total. The number of aliphatic hydroxyl groups excluding tert-OH is 2. The summed E-state index contributed by atoms with van der Waals surface area (Å²) in [6.07, 6.45) is 5.36. The first-order valence-electron chi connectivity index (χ1n) is 7.84. The topological polar surface area (TPSA) is 61.7 Å². The lowest BCUT2D eigenvalue weighted by Gasteiger charge is -2.36. The van der Waals surface area contributed by atoms with Crippen LogP contribution in [-0.2, 0) is 11.3 Å². The molecule has 0 radical (unpaired) electrons. The zero-order valence-corrected chi connectivity index (χ0v) is 13.4. The molecule has 1 fully saturated rings. The van der Waals surface area contributed by atoms with E-state index in [0.717, 1.165) is 19.4 Å². The predicted octanol–water partition coefficient (Wildman–Crippen LogP) is 2.16. The molecule has 0 amide bonds. The summed E-state index contributed by atoms with van der Waals surface area (Å²) in [5, 5.41) is 24.9. The molecular formula is C16H27NO3S. The fourth-order valence-corrected chi connectivity index (χ4v) is 3.59. The van der Waals surface area contributed by atoms with Crippen LogP contribution >= 0.6 is 11.3 Å². The Bertz CT molecular complexity index is 377. The highest BCUT2D eigenvalue weighted by Gasteiger charge is 2.30. The number of hydrogen-bond acceptors (Lipinski definition) is 5. The van der Waals surface area contributed by atoms with Gasteiger partial charge in [0.2, 0.25) is 0 Å². The third-order valence-electron chi connectivity index (χ3n) is 4.26. The maximum Gasteiger partial charge on any atom is 0.0897 e. The van der Waals surface area contributed by atoms with Crippen LogP contribution in [0, 0.1) is 5.41 Å². The summed E-state index contributed by atoms with van der Waals surface area (Å²) in [4.78, 5) is 1.18. The van der Waals surface area contributed by atoms with Gasteiger partial charge in [0.1, 0.15) is 0 Å². The summed E-state index contributed by atoms with van der Waals surface area (Å²) in [5.41, 5.74) is 0.0236. The lowest BCUT2D eigenvalue weighted by Crippen LogP contribution is -2.42. The van der Waals surface area contributed by atoms with Gasteiger partial charge in [-0.15, -0.1) is 11.3 Å². The third kappa shape index (κ3) is 5.68. The van der Waals surface area contributed by atoms with Crippen LogP contribution in [0.25, 0.3) is 0 Å². The minimum atomic E-state index is -0.496. The first-order chi connectivity index (χ1) is 10.2. The van der Waals surface area contributed by atoms with Gasteiger partial charge in [-0.2, -0.15) is 0 Å². The zero-order chi connectivity index (χ0) is 15.0. The molecular weight excluding hydrogens is 286 g/mol. The smallest absolute Gasteiger partial charge is 0.0897 e. The van der Waals surface area contributed by atoms with E-state index in [-0.39, 0.29) is 12.0 Å². The molecule has 1 saturated carbocycles. The molecule has 1 atom stereocenters. The van der Waals surface area contributed by atoms with Crippen LogP contribution in [0.2, 0.25) is 0 Å². The molecule has 1 heterocycles. The van der Waals surface area contributed by atoms with E-state index in [0.29, 0.717) is 19.8 Å². The van der Waals surface area contributed by atoms with Gasteiger partial charge in [-0.05, 0) is 24.3 Å². The number of rotatable bonds is 9. The van der Waals surface area contributed by atoms with Gasteiger partial charge < -0.3 is 20.3 Å². The molecule has 1 aromatic heterocycles. The highest BCUT2D eigenvalue weighted by atomic mass is 32.1. The highest BCUT2D eigenvalue weighted by molar-refractivity contribution is 7.09. The van der Waals surface area contributed by atoms with E-state index in [1.54, 1.807) is 11.3 Å². The Balaban J connectivity index is 1.58. The van der Waals surface area contributed by atoms with Crippen molar-refractivity contribution in [2.24, 2.45) is 5.41 Å². The second kappa shape index (κ2) is 8.86. The third-order valence-corrected chi connectivity index (χ3v) is 5.11. The van der Waals surface area contributed by atoms with E-state index in [1.807, 2.05) is 17.5 Å². The molecule has 1 unspecified atom stereocenters. The number of thiophene rings is 1. The Morgan fingerprint density at radius 1 is 1.33 bits per heavy atom. The van der Waals surface area contributed by atoms with Gasteiger partial charge in [0.15, 0.2) is 0 Å². The Labute approximate surface area is 131 Å². The first-order valence-corrected chi connectivity index (χ1v) is 8.72. The summed E-state index contributed by atoms with van der Waals surface area (Å²) >= 11 is 1.66. The van der Waals surface area contributed by atoms with Crippen LogP contribution < -0.4 is 5.32 Å². The van der Waals surface area contributed by atoms with Crippen molar-refractivity contribution < 1.29 is 14.9 Å². The van der Waals surface area contributed by atoms with Crippen molar-refractivity contribution in [2.45, 2.75) is 44.8 Å². The Hall–Kier alpha value is -0.460. The van der Waals surface area contributed by atoms with Gasteiger partial charge in [0.25, 0.3) is 0 Å². The lowest BCUT2D eigenvalue weighted by atomic mass is 9.74. The maximum absolute atomic E-state index is 9.92. The molecule has 0 aromatic carbocycles. The van der Waals surface area contributed by atoms with Crippen molar-refractivity contribution in [3.63, 3.8) is 0 Å². The molecule has 1 aliphatic carbocycles. The summed E-state index contributed by atoms with van der Waals surface area (Å²) in [7, 11) is 0. The maximum atomic E-state index is 9.92. The SMILES string of the molecule is OCC1(CNCC(O)COCc2cccs2)CCCCC1. The van der Waals surface area contributed by atoms with E-state index >= 15 is 0 Å². The van der Waals surface area contributed by atoms with Crippen molar-refractivity contribution >= 4 is 11.3 Å². The highest BCUT2D eigenvalue weighted by Crippen LogP contribution is 2.35. The van der Waals surface area contributed by atoms with Gasteiger partial charge >= 0.3 is 0 Å². The first kappa shape index (κ1) is 16.9. The fourth-order valence-electron chi connectivity index (χ4n) is 2.95. The minimum absolute atomic E-state index is 0.0236. The molecule has 4 nitrogen and oxygen atoms in total. The van der Waals surface area contributed by atoms with Crippen molar-refractivity contribution in [3.05, 3.63) is 22.4 Å². The van der Waals surface area contributed by atoms with Crippen LogP contribution in [0.15, 0.2) is 17.5 Å². The lowest BCUT2D eigenvalue weighted by molar-refractivity contribution is 0.0247. The molecule has 5 heteroatoms. The van der Waals surface area contributed by atoms with Crippen LogP contribution in [0.5, 0.6) is 0 Å². The summed E-state index contributed by atoms with van der Waals surface area (Å²) < 4.78 is 5.50. The number of ether oxygens (including phenoxy) is 1. The van der Waals surface area contributed by atoms with E-state index in [1.165, 1.54) is 24.1 Å². The standard InChI is InChI=1S/C16H27NO3S/c18-13-16(6-2-1-3-7-16)12-17-9-14(19)10-20-11-15-5-4-8-21-15/h4-5,8,14,17-19H,1-3,6-7,9-13H2. The van der Waals surface area contributed by atoms with Crippen LogP contribution in [0.4, 0.5) is 0 Å². The molecule has 120 valence electrons. The molecule has 0 aliphatic heterocycles. The Morgan fingerprint density at radius 2 is 2.14 bits per heavy atom. The molecule has 0 spiro atoms. The predicted molar refractivity (Wildman–Crippen MR) is 85.5 cm³/mol. The van der Waals surface area contributed by atoms with Gasteiger partial charge in [-0.3, -0.25) is 0 Å². The summed E-state index contributed by atoms with van der Waals surface area (Å²) in [6, 6.07) is 4.03. The Kier molecular flexibility index (Phi) is 7.13. The van der Waals surface area contributed by atoms with Crippen LogP contribution in [-0.4, -0.2) is 42.6 Å². The van der Waals surface area contributed by atoms with Gasteiger partial charge in [-0.25, -0.2) is 0 Å². The molecule has 1 aliphatic rings. The number of hydrogen-bond donors (Lipinski definition) is 3. The Morgan fingerprint density at radius 3 is 2.81 bits per heavy atom. The van der Waals surface area contributed by atoms with Gasteiger partial charge in [-0.1, -0.05) is 25.3 Å². The quantitative estimate of drug-likeness (QED) is 0.654. The molecule has 21 heavy (non-hydrogen) atoms. The average Bonchev–Trinajstić information content (AvgIpc) is 3.01. The van der Waals surface area contributed by atoms with Crippen molar-refractivity contribution in [3.8, 4) is 0 Å². The van der Waals surface area contributed by atoms with Gasteiger partial charge in [0, 0.05) is 30.0 Å². The largest absolute Gasteiger partial charge is 0.396 e. The number of nitrogens with one attached hydrogen (secondary N) is 1. The zero-order valence-electron chi connectivity index (χ0n) is 12.6. The normalized spacial score (nSPS) is 19.5. The number of aliphatic hydroxyl groups is 2. The van der Waals surface area contributed by atoms with Crippen molar-refractivity contribution in [2.75, 3.05) is 26.3 Å². The van der Waals surface area contributed by atoms with Crippen molar-refractivity contribution in [1.29, 1.82) is 0 Å². The molecule has 1 aromatic rings. The average molecular weight is 313 g/mol. The summed E-state index contributed by atoms with van der Waals surface area (Å²) in [5.74, 6) is 0. The minimum Gasteiger partial charge on any atom is -0.396 e. The van der Waals surface area contributed by atoms with Crippen LogP contribution in [0.3, 0.4) is 0 Å². The second-order valence-electron chi connectivity index (χ2n) is 6.10. The van der Waals surface area contributed by atoms with Gasteiger partial charge in [0.05, 0.1) is 19.3 Å². The molecule has 2 rings (SSSR count). The molecule has 0 bridgehead atoms. The van der Waals surface area contributed by atoms with E-state index in [2.05, 4.69) is 5.32 Å².